The van der Waals surface area contributed by atoms with Gasteiger partial charge < -0.3 is 14.6 Å². The number of carbonyl (C=O) groups excluding carboxylic acids is 1. The van der Waals surface area contributed by atoms with Crippen molar-refractivity contribution in [3.63, 3.8) is 0 Å². The molecule has 1 saturated heterocycles. The summed E-state index contributed by atoms with van der Waals surface area (Å²) in [5.41, 5.74) is 0. The van der Waals surface area contributed by atoms with E-state index in [-0.39, 0.29) is 5.91 Å². The van der Waals surface area contributed by atoms with E-state index in [1.54, 1.807) is 17.6 Å². The molecule has 1 atom stereocenters. The van der Waals surface area contributed by atoms with Crippen LogP contribution in [-0.2, 0) is 17.9 Å². The Morgan fingerprint density at radius 3 is 3.00 bits per heavy atom. The van der Waals surface area contributed by atoms with Gasteiger partial charge in [0.05, 0.1) is 19.4 Å². The minimum atomic E-state index is 0.194. The van der Waals surface area contributed by atoms with Gasteiger partial charge >= 0.3 is 0 Å². The summed E-state index contributed by atoms with van der Waals surface area (Å²) < 4.78 is 5.40. The first-order chi connectivity index (χ1) is 10.3. The Labute approximate surface area is 128 Å². The first-order valence-corrected chi connectivity index (χ1v) is 8.25. The fourth-order valence-corrected chi connectivity index (χ4v) is 3.40. The largest absolute Gasteiger partial charge is 0.467 e. The Morgan fingerprint density at radius 2 is 2.33 bits per heavy atom. The molecular weight excluding hydrogens is 284 g/mol. The van der Waals surface area contributed by atoms with Crippen molar-refractivity contribution in [2.45, 2.75) is 38.4 Å². The maximum atomic E-state index is 12.6. The van der Waals surface area contributed by atoms with Gasteiger partial charge in [0.1, 0.15) is 5.76 Å². The third-order valence-corrected chi connectivity index (χ3v) is 4.65. The first kappa shape index (κ1) is 14.4. The van der Waals surface area contributed by atoms with Gasteiger partial charge in [0, 0.05) is 17.3 Å². The van der Waals surface area contributed by atoms with Crippen LogP contribution in [0.2, 0.25) is 0 Å². The second-order valence-electron chi connectivity index (χ2n) is 5.41. The summed E-state index contributed by atoms with van der Waals surface area (Å²) in [6, 6.07) is 8.21. The number of rotatable bonds is 6. The van der Waals surface area contributed by atoms with Crippen molar-refractivity contribution in [1.29, 1.82) is 0 Å². The molecule has 112 valence electrons. The van der Waals surface area contributed by atoms with Gasteiger partial charge in [-0.15, -0.1) is 11.3 Å². The van der Waals surface area contributed by atoms with Gasteiger partial charge in [-0.25, -0.2) is 0 Å². The molecule has 1 aliphatic rings. The molecule has 21 heavy (non-hydrogen) atoms. The number of carbonyl (C=O) groups is 1. The van der Waals surface area contributed by atoms with E-state index in [9.17, 15) is 4.79 Å². The zero-order chi connectivity index (χ0) is 14.5. The minimum Gasteiger partial charge on any atom is -0.467 e. The molecule has 1 unspecified atom stereocenters. The molecule has 0 aliphatic carbocycles. The molecule has 0 aromatic carbocycles. The van der Waals surface area contributed by atoms with E-state index in [0.29, 0.717) is 25.6 Å². The lowest BCUT2D eigenvalue weighted by Crippen LogP contribution is -2.35. The molecule has 0 bridgehead atoms. The summed E-state index contributed by atoms with van der Waals surface area (Å²) >= 11 is 1.68. The second-order valence-corrected chi connectivity index (χ2v) is 6.44. The fraction of sp³-hybridized carbons (Fsp3) is 0.438. The van der Waals surface area contributed by atoms with E-state index in [1.165, 1.54) is 11.3 Å². The van der Waals surface area contributed by atoms with Crippen molar-refractivity contribution in [2.24, 2.45) is 0 Å². The van der Waals surface area contributed by atoms with E-state index < -0.39 is 0 Å². The topological polar surface area (TPSA) is 45.5 Å². The number of hydrogen-bond acceptors (Lipinski definition) is 4. The van der Waals surface area contributed by atoms with Gasteiger partial charge in [-0.1, -0.05) is 6.07 Å². The van der Waals surface area contributed by atoms with Crippen LogP contribution in [0.3, 0.4) is 0 Å². The van der Waals surface area contributed by atoms with Crippen molar-refractivity contribution in [3.8, 4) is 0 Å². The Hall–Kier alpha value is -1.59. The zero-order valence-electron chi connectivity index (χ0n) is 12.0. The predicted molar refractivity (Wildman–Crippen MR) is 82.9 cm³/mol. The smallest absolute Gasteiger partial charge is 0.224 e. The number of amides is 1. The molecule has 3 rings (SSSR count). The number of nitrogens with one attached hydrogen (secondary N) is 1. The first-order valence-electron chi connectivity index (χ1n) is 7.37. The summed E-state index contributed by atoms with van der Waals surface area (Å²) in [6.45, 7) is 2.22. The van der Waals surface area contributed by atoms with Crippen molar-refractivity contribution in [1.82, 2.24) is 10.2 Å². The molecule has 3 heterocycles. The molecule has 0 spiro atoms. The van der Waals surface area contributed by atoms with Gasteiger partial charge in [0.2, 0.25) is 5.91 Å². The van der Waals surface area contributed by atoms with Gasteiger partial charge in [0.25, 0.3) is 0 Å². The maximum Gasteiger partial charge on any atom is 0.224 e. The van der Waals surface area contributed by atoms with E-state index in [0.717, 1.165) is 18.7 Å². The van der Waals surface area contributed by atoms with E-state index >= 15 is 0 Å². The second kappa shape index (κ2) is 6.91. The summed E-state index contributed by atoms with van der Waals surface area (Å²) in [6.07, 6.45) is 4.49. The molecular formula is C16H20N2O2S. The van der Waals surface area contributed by atoms with Gasteiger partial charge in [-0.3, -0.25) is 4.79 Å². The van der Waals surface area contributed by atoms with Crippen LogP contribution < -0.4 is 5.32 Å². The van der Waals surface area contributed by atoms with E-state index in [1.807, 2.05) is 28.5 Å². The van der Waals surface area contributed by atoms with Crippen molar-refractivity contribution >= 4 is 17.2 Å². The third-order valence-electron chi connectivity index (χ3n) is 3.79. The van der Waals surface area contributed by atoms with Crippen LogP contribution >= 0.6 is 11.3 Å². The van der Waals surface area contributed by atoms with Crippen molar-refractivity contribution in [3.05, 3.63) is 46.5 Å². The summed E-state index contributed by atoms with van der Waals surface area (Å²) in [7, 11) is 0. The third kappa shape index (κ3) is 3.95. The number of hydrogen-bond donors (Lipinski definition) is 1. The number of furan rings is 1. The lowest BCUT2D eigenvalue weighted by Gasteiger charge is -2.23. The van der Waals surface area contributed by atoms with Crippen LogP contribution in [0.25, 0.3) is 0 Å². The van der Waals surface area contributed by atoms with Crippen LogP contribution in [-0.4, -0.2) is 23.4 Å². The Balaban J connectivity index is 1.66. The molecule has 1 N–H and O–H groups in total. The SMILES string of the molecule is O=C(CC1CCCN1)N(Cc1ccco1)Cc1cccs1. The average molecular weight is 304 g/mol. The molecule has 4 nitrogen and oxygen atoms in total. The number of thiophene rings is 1. The molecule has 1 aliphatic heterocycles. The van der Waals surface area contributed by atoms with Crippen LogP contribution in [0.4, 0.5) is 0 Å². The Kier molecular flexibility index (Phi) is 4.72. The average Bonchev–Trinajstić information content (AvgIpc) is 3.21. The standard InChI is InChI=1S/C16H20N2O2S/c19-16(10-13-4-1-7-17-13)18(11-14-5-2-8-20-14)12-15-6-3-9-21-15/h2-3,5-6,8-9,13,17H,1,4,7,10-12H2. The number of nitrogens with zero attached hydrogens (tertiary/aromatic N) is 1. The summed E-state index contributed by atoms with van der Waals surface area (Å²) in [5.74, 6) is 1.03. The fourth-order valence-electron chi connectivity index (χ4n) is 2.68. The highest BCUT2D eigenvalue weighted by Gasteiger charge is 2.22. The zero-order valence-corrected chi connectivity index (χ0v) is 12.8. The van der Waals surface area contributed by atoms with Gasteiger partial charge in [0.15, 0.2) is 0 Å². The van der Waals surface area contributed by atoms with Crippen LogP contribution in [0.5, 0.6) is 0 Å². The van der Waals surface area contributed by atoms with Crippen LogP contribution in [0, 0.1) is 0 Å². The van der Waals surface area contributed by atoms with E-state index in [2.05, 4.69) is 11.4 Å². The normalized spacial score (nSPS) is 18.0. The molecule has 0 radical (unpaired) electrons. The summed E-state index contributed by atoms with van der Waals surface area (Å²) in [4.78, 5) is 15.7. The highest BCUT2D eigenvalue weighted by molar-refractivity contribution is 7.09. The lowest BCUT2D eigenvalue weighted by atomic mass is 10.1. The van der Waals surface area contributed by atoms with Crippen molar-refractivity contribution < 1.29 is 9.21 Å². The molecule has 2 aromatic heterocycles. The molecule has 0 saturated carbocycles. The van der Waals surface area contributed by atoms with E-state index in [4.69, 9.17) is 4.42 Å². The molecule has 1 fully saturated rings. The molecule has 1 amide bonds. The molecule has 5 heteroatoms. The monoisotopic (exact) mass is 304 g/mol. The highest BCUT2D eigenvalue weighted by Crippen LogP contribution is 2.18. The van der Waals surface area contributed by atoms with Crippen molar-refractivity contribution in [2.75, 3.05) is 6.54 Å². The van der Waals surface area contributed by atoms with Crippen LogP contribution in [0.1, 0.15) is 29.9 Å². The Morgan fingerprint density at radius 1 is 1.38 bits per heavy atom. The molecule has 2 aromatic rings. The summed E-state index contributed by atoms with van der Waals surface area (Å²) in [5, 5.41) is 5.44. The quantitative estimate of drug-likeness (QED) is 0.892. The van der Waals surface area contributed by atoms with Gasteiger partial charge in [-0.2, -0.15) is 0 Å². The van der Waals surface area contributed by atoms with Gasteiger partial charge in [-0.05, 0) is 43.0 Å². The Bertz CT molecular complexity index is 509. The highest BCUT2D eigenvalue weighted by atomic mass is 32.1. The minimum absolute atomic E-state index is 0.194. The van der Waals surface area contributed by atoms with Crippen LogP contribution in [0.15, 0.2) is 40.3 Å². The lowest BCUT2D eigenvalue weighted by molar-refractivity contribution is -0.133. The maximum absolute atomic E-state index is 12.6. The predicted octanol–water partition coefficient (Wildman–Crippen LogP) is 3.01.